The Kier molecular flexibility index (Phi) is 4.18. The zero-order valence-electron chi connectivity index (χ0n) is 12.9. The average molecular weight is 316 g/mol. The van der Waals surface area contributed by atoms with Crippen LogP contribution < -0.4 is 10.1 Å². The molecule has 2 atom stereocenters. The first-order chi connectivity index (χ1) is 11.0. The van der Waals surface area contributed by atoms with E-state index in [4.69, 9.17) is 4.74 Å². The molecule has 0 saturated heterocycles. The maximum Gasteiger partial charge on any atom is 0.229 e. The third-order valence-electron chi connectivity index (χ3n) is 3.75. The molecule has 1 N–H and O–H groups in total. The number of amides is 1. The zero-order chi connectivity index (χ0) is 16.4. The molecule has 0 spiro atoms. The first-order valence-electron chi connectivity index (χ1n) is 7.38. The molecule has 6 nitrogen and oxygen atoms in total. The Morgan fingerprint density at radius 1 is 1.35 bits per heavy atom. The minimum Gasteiger partial charge on any atom is -0.490 e. The van der Waals surface area contributed by atoms with Crippen LogP contribution in [0.25, 0.3) is 0 Å². The van der Waals surface area contributed by atoms with E-state index in [9.17, 15) is 9.18 Å². The lowest BCUT2D eigenvalue weighted by Crippen LogP contribution is -2.17. The minimum absolute atomic E-state index is 0.103. The van der Waals surface area contributed by atoms with Gasteiger partial charge in [0.15, 0.2) is 5.75 Å². The molecular formula is C16H17FN4O2. The van der Waals surface area contributed by atoms with Gasteiger partial charge in [-0.25, -0.2) is 19.3 Å². The summed E-state index contributed by atoms with van der Waals surface area (Å²) >= 11 is 0. The monoisotopic (exact) mass is 316 g/mol. The van der Waals surface area contributed by atoms with Crippen LogP contribution in [-0.2, 0) is 4.79 Å². The second kappa shape index (κ2) is 6.28. The average Bonchev–Trinajstić information content (AvgIpc) is 3.28. The minimum atomic E-state index is -0.434. The number of halogens is 1. The van der Waals surface area contributed by atoms with E-state index in [0.717, 1.165) is 18.3 Å². The number of aryl methyl sites for hydroxylation is 2. The first kappa shape index (κ1) is 15.3. The molecule has 120 valence electrons. The molecule has 2 aromatic heterocycles. The van der Waals surface area contributed by atoms with Crippen LogP contribution in [0.2, 0.25) is 0 Å². The van der Waals surface area contributed by atoms with Crippen molar-refractivity contribution in [1.29, 1.82) is 0 Å². The number of anilines is 1. The Hall–Kier alpha value is -2.57. The van der Waals surface area contributed by atoms with Crippen LogP contribution in [0.1, 0.15) is 17.9 Å². The number of pyridine rings is 1. The van der Waals surface area contributed by atoms with Gasteiger partial charge in [-0.3, -0.25) is 4.79 Å². The normalized spacial score (nSPS) is 19.3. The van der Waals surface area contributed by atoms with Crippen molar-refractivity contribution in [1.82, 2.24) is 15.0 Å². The first-order valence-corrected chi connectivity index (χ1v) is 7.38. The largest absolute Gasteiger partial charge is 0.490 e. The fraction of sp³-hybridized carbons (Fsp3) is 0.375. The molecule has 1 aliphatic carbocycles. The highest BCUT2D eigenvalue weighted by Crippen LogP contribution is 2.39. The number of nitrogens with one attached hydrogen (secondary N) is 1. The van der Waals surface area contributed by atoms with Crippen LogP contribution in [0.3, 0.4) is 0 Å². The summed E-state index contributed by atoms with van der Waals surface area (Å²) in [4.78, 5) is 24.2. The summed E-state index contributed by atoms with van der Waals surface area (Å²) in [7, 11) is 0. The van der Waals surface area contributed by atoms with E-state index in [1.165, 1.54) is 12.1 Å². The van der Waals surface area contributed by atoms with Crippen LogP contribution in [0, 0.1) is 31.5 Å². The van der Waals surface area contributed by atoms with Gasteiger partial charge in [-0.1, -0.05) is 0 Å². The summed E-state index contributed by atoms with van der Waals surface area (Å²) in [5.41, 5.74) is 0.787. The standard InChI is InChI=1S/C16H17FN4O2/c1-9-14(7-18-10(2)20-9)23-8-11-5-13(11)16(22)21-15-4-3-12(17)6-19-15/h3-4,6-7,11,13H,5,8H2,1-2H3,(H,19,21,22). The SMILES string of the molecule is Cc1ncc(OCC2CC2C(=O)Nc2ccc(F)cn2)c(C)n1. The Balaban J connectivity index is 1.49. The van der Waals surface area contributed by atoms with Crippen molar-refractivity contribution in [3.05, 3.63) is 41.9 Å². The van der Waals surface area contributed by atoms with Crippen molar-refractivity contribution in [2.75, 3.05) is 11.9 Å². The molecule has 2 unspecified atom stereocenters. The zero-order valence-corrected chi connectivity index (χ0v) is 12.9. The molecule has 0 radical (unpaired) electrons. The molecule has 0 bridgehead atoms. The van der Waals surface area contributed by atoms with Crippen molar-refractivity contribution >= 4 is 11.7 Å². The molecule has 1 amide bonds. The van der Waals surface area contributed by atoms with E-state index in [2.05, 4.69) is 20.3 Å². The Bertz CT molecular complexity index is 721. The quantitative estimate of drug-likeness (QED) is 0.915. The Morgan fingerprint density at radius 2 is 2.17 bits per heavy atom. The summed E-state index contributed by atoms with van der Waals surface area (Å²) in [6.07, 6.45) is 3.49. The fourth-order valence-corrected chi connectivity index (χ4v) is 2.33. The number of ether oxygens (including phenoxy) is 1. The topological polar surface area (TPSA) is 77.0 Å². The van der Waals surface area contributed by atoms with E-state index in [-0.39, 0.29) is 17.7 Å². The molecule has 2 aromatic rings. The number of hydrogen-bond donors (Lipinski definition) is 1. The summed E-state index contributed by atoms with van der Waals surface area (Å²) in [6, 6.07) is 2.70. The molecule has 1 aliphatic rings. The van der Waals surface area contributed by atoms with Gasteiger partial charge in [0.25, 0.3) is 0 Å². The molecule has 3 rings (SSSR count). The highest BCUT2D eigenvalue weighted by molar-refractivity contribution is 5.93. The highest BCUT2D eigenvalue weighted by atomic mass is 19.1. The van der Waals surface area contributed by atoms with Gasteiger partial charge in [-0.15, -0.1) is 0 Å². The number of hydrogen-bond acceptors (Lipinski definition) is 5. The van der Waals surface area contributed by atoms with E-state index in [1.54, 1.807) is 6.20 Å². The van der Waals surface area contributed by atoms with Gasteiger partial charge in [0.05, 0.1) is 24.7 Å². The van der Waals surface area contributed by atoms with Crippen molar-refractivity contribution in [3.63, 3.8) is 0 Å². The van der Waals surface area contributed by atoms with E-state index < -0.39 is 5.82 Å². The third kappa shape index (κ3) is 3.80. The lowest BCUT2D eigenvalue weighted by atomic mass is 10.3. The van der Waals surface area contributed by atoms with Crippen molar-refractivity contribution in [3.8, 4) is 5.75 Å². The summed E-state index contributed by atoms with van der Waals surface area (Å²) in [5, 5.41) is 2.68. The van der Waals surface area contributed by atoms with Gasteiger partial charge in [0, 0.05) is 11.8 Å². The number of rotatable bonds is 5. The second-order valence-electron chi connectivity index (χ2n) is 5.63. The van der Waals surface area contributed by atoms with E-state index >= 15 is 0 Å². The van der Waals surface area contributed by atoms with Gasteiger partial charge >= 0.3 is 0 Å². The molecule has 1 fully saturated rings. The maximum atomic E-state index is 12.8. The third-order valence-corrected chi connectivity index (χ3v) is 3.75. The Labute approximate surface area is 133 Å². The number of nitrogens with zero attached hydrogens (tertiary/aromatic N) is 3. The molecule has 7 heteroatoms. The van der Waals surface area contributed by atoms with Gasteiger partial charge in [-0.05, 0) is 32.4 Å². The molecule has 2 heterocycles. The van der Waals surface area contributed by atoms with E-state index in [0.29, 0.717) is 24.0 Å². The van der Waals surface area contributed by atoms with Gasteiger partial charge in [0.1, 0.15) is 17.5 Å². The van der Waals surface area contributed by atoms with Gasteiger partial charge in [-0.2, -0.15) is 0 Å². The Morgan fingerprint density at radius 3 is 2.87 bits per heavy atom. The van der Waals surface area contributed by atoms with Crippen LogP contribution in [-0.4, -0.2) is 27.5 Å². The van der Waals surface area contributed by atoms with Crippen LogP contribution in [0.15, 0.2) is 24.5 Å². The number of carbonyl (C=O) groups excluding carboxylic acids is 1. The molecular weight excluding hydrogens is 299 g/mol. The molecule has 0 aromatic carbocycles. The summed E-state index contributed by atoms with van der Waals surface area (Å²) in [6.45, 7) is 4.13. The lowest BCUT2D eigenvalue weighted by Gasteiger charge is -2.08. The highest BCUT2D eigenvalue weighted by Gasteiger charge is 2.43. The fourth-order valence-electron chi connectivity index (χ4n) is 2.33. The van der Waals surface area contributed by atoms with Crippen molar-refractivity contribution in [2.24, 2.45) is 11.8 Å². The number of aromatic nitrogens is 3. The van der Waals surface area contributed by atoms with Crippen molar-refractivity contribution in [2.45, 2.75) is 20.3 Å². The molecule has 1 saturated carbocycles. The summed E-state index contributed by atoms with van der Waals surface area (Å²) < 4.78 is 18.5. The predicted octanol–water partition coefficient (Wildman–Crippen LogP) is 2.28. The van der Waals surface area contributed by atoms with Crippen LogP contribution in [0.4, 0.5) is 10.2 Å². The summed E-state index contributed by atoms with van der Waals surface area (Å²) in [5.74, 6) is 1.20. The molecule has 0 aliphatic heterocycles. The van der Waals surface area contributed by atoms with Crippen molar-refractivity contribution < 1.29 is 13.9 Å². The number of carbonyl (C=O) groups is 1. The predicted molar refractivity (Wildman–Crippen MR) is 81.4 cm³/mol. The van der Waals surface area contributed by atoms with Crippen LogP contribution >= 0.6 is 0 Å². The van der Waals surface area contributed by atoms with Gasteiger partial charge in [0.2, 0.25) is 5.91 Å². The molecule has 23 heavy (non-hydrogen) atoms. The lowest BCUT2D eigenvalue weighted by molar-refractivity contribution is -0.117. The van der Waals surface area contributed by atoms with Gasteiger partial charge < -0.3 is 10.1 Å². The van der Waals surface area contributed by atoms with Crippen LogP contribution in [0.5, 0.6) is 5.75 Å². The smallest absolute Gasteiger partial charge is 0.229 e. The van der Waals surface area contributed by atoms with E-state index in [1.807, 2.05) is 13.8 Å². The maximum absolute atomic E-state index is 12.8. The second-order valence-corrected chi connectivity index (χ2v) is 5.63.